The summed E-state index contributed by atoms with van der Waals surface area (Å²) in [4.78, 5) is 13.8. The highest BCUT2D eigenvalue weighted by atomic mass is 19.1. The number of piperidine rings is 1. The van der Waals surface area contributed by atoms with Gasteiger partial charge in [-0.3, -0.25) is 4.79 Å². The molecule has 1 saturated heterocycles. The van der Waals surface area contributed by atoms with Gasteiger partial charge in [0, 0.05) is 25.8 Å². The van der Waals surface area contributed by atoms with Crippen LogP contribution in [0.15, 0.2) is 12.1 Å². The molecule has 0 radical (unpaired) electrons. The summed E-state index contributed by atoms with van der Waals surface area (Å²) in [5, 5.41) is 9.13. The molecule has 1 aromatic rings. The molecule has 1 unspecified atom stereocenters. The molecule has 0 aromatic heterocycles. The second-order valence-corrected chi connectivity index (χ2v) is 5.02. The molecular formula is C14H17F2NO2. The number of hydrogen-bond donors (Lipinski definition) is 1. The summed E-state index contributed by atoms with van der Waals surface area (Å²) in [7, 11) is 0. The Morgan fingerprint density at radius 1 is 1.42 bits per heavy atom. The van der Waals surface area contributed by atoms with E-state index < -0.39 is 17.5 Å². The number of hydrogen-bond acceptors (Lipinski definition) is 2. The first-order valence-electron chi connectivity index (χ1n) is 6.38. The van der Waals surface area contributed by atoms with Crippen molar-refractivity contribution in [2.45, 2.75) is 19.8 Å². The van der Waals surface area contributed by atoms with Crippen LogP contribution in [0.2, 0.25) is 0 Å². The molecule has 0 spiro atoms. The van der Waals surface area contributed by atoms with E-state index in [1.54, 1.807) is 0 Å². The van der Waals surface area contributed by atoms with Crippen molar-refractivity contribution in [1.82, 2.24) is 4.90 Å². The molecule has 1 aromatic carbocycles. The molecule has 3 nitrogen and oxygen atoms in total. The minimum absolute atomic E-state index is 0.0225. The Kier molecular flexibility index (Phi) is 4.14. The van der Waals surface area contributed by atoms with Crippen LogP contribution in [0.4, 0.5) is 8.78 Å². The Balaban J connectivity index is 2.22. The number of nitrogens with zero attached hydrogens (tertiary/aromatic N) is 1. The van der Waals surface area contributed by atoms with Crippen LogP contribution in [-0.2, 0) is 0 Å². The first kappa shape index (κ1) is 13.9. The number of aliphatic hydroxyl groups excluding tert-OH is 1. The summed E-state index contributed by atoms with van der Waals surface area (Å²) in [6, 6.07) is 1.99. The lowest BCUT2D eigenvalue weighted by molar-refractivity contribution is 0.0616. The standard InChI is InChI=1S/C14H17F2NO2/c1-9-5-11(13(16)6-12(9)15)14(19)17-4-2-3-10(7-17)8-18/h5-6,10,18H,2-4,7-8H2,1H3. The van der Waals surface area contributed by atoms with Gasteiger partial charge in [-0.05, 0) is 37.3 Å². The highest BCUT2D eigenvalue weighted by molar-refractivity contribution is 5.94. The Bertz CT molecular complexity index is 491. The zero-order valence-corrected chi connectivity index (χ0v) is 10.8. The Hall–Kier alpha value is -1.49. The molecular weight excluding hydrogens is 252 g/mol. The summed E-state index contributed by atoms with van der Waals surface area (Å²) in [5.74, 6) is -1.87. The SMILES string of the molecule is Cc1cc(C(=O)N2CCCC(CO)C2)c(F)cc1F. The molecule has 1 fully saturated rings. The van der Waals surface area contributed by atoms with E-state index in [-0.39, 0.29) is 23.7 Å². The van der Waals surface area contributed by atoms with Crippen molar-refractivity contribution in [1.29, 1.82) is 0 Å². The van der Waals surface area contributed by atoms with Gasteiger partial charge in [0.15, 0.2) is 0 Å². The molecule has 1 heterocycles. The topological polar surface area (TPSA) is 40.5 Å². The van der Waals surface area contributed by atoms with Crippen LogP contribution in [-0.4, -0.2) is 35.6 Å². The number of aryl methyl sites for hydroxylation is 1. The molecule has 1 atom stereocenters. The third-order valence-corrected chi connectivity index (χ3v) is 3.54. The zero-order chi connectivity index (χ0) is 14.0. The molecule has 0 saturated carbocycles. The fourth-order valence-corrected chi connectivity index (χ4v) is 2.39. The van der Waals surface area contributed by atoms with Gasteiger partial charge in [-0.2, -0.15) is 0 Å². The number of carbonyl (C=O) groups is 1. The number of likely N-dealkylation sites (tertiary alicyclic amines) is 1. The van der Waals surface area contributed by atoms with E-state index in [9.17, 15) is 13.6 Å². The monoisotopic (exact) mass is 269 g/mol. The predicted molar refractivity (Wildman–Crippen MR) is 66.8 cm³/mol. The van der Waals surface area contributed by atoms with Crippen LogP contribution in [0.3, 0.4) is 0 Å². The van der Waals surface area contributed by atoms with Crippen LogP contribution in [0.1, 0.15) is 28.8 Å². The minimum atomic E-state index is -0.834. The van der Waals surface area contributed by atoms with Gasteiger partial charge in [-0.1, -0.05) is 0 Å². The number of amides is 1. The van der Waals surface area contributed by atoms with Gasteiger partial charge in [0.1, 0.15) is 11.6 Å². The molecule has 1 amide bonds. The van der Waals surface area contributed by atoms with E-state index in [1.165, 1.54) is 17.9 Å². The van der Waals surface area contributed by atoms with Crippen molar-refractivity contribution >= 4 is 5.91 Å². The molecule has 0 bridgehead atoms. The molecule has 1 N–H and O–H groups in total. The lowest BCUT2D eigenvalue weighted by Gasteiger charge is -2.32. The summed E-state index contributed by atoms with van der Waals surface area (Å²) in [5.41, 5.74) is 0.151. The number of benzene rings is 1. The largest absolute Gasteiger partial charge is 0.396 e. The maximum atomic E-state index is 13.7. The van der Waals surface area contributed by atoms with Crippen molar-refractivity contribution in [3.63, 3.8) is 0 Å². The van der Waals surface area contributed by atoms with E-state index in [1.807, 2.05) is 0 Å². The Morgan fingerprint density at radius 2 is 2.16 bits per heavy atom. The molecule has 1 aliphatic heterocycles. The van der Waals surface area contributed by atoms with Crippen LogP contribution >= 0.6 is 0 Å². The van der Waals surface area contributed by atoms with Crippen molar-refractivity contribution in [2.75, 3.05) is 19.7 Å². The molecule has 104 valence electrons. The smallest absolute Gasteiger partial charge is 0.256 e. The lowest BCUT2D eigenvalue weighted by Crippen LogP contribution is -2.41. The average molecular weight is 269 g/mol. The lowest BCUT2D eigenvalue weighted by atomic mass is 9.98. The van der Waals surface area contributed by atoms with Gasteiger partial charge in [0.25, 0.3) is 5.91 Å². The summed E-state index contributed by atoms with van der Waals surface area (Å²) in [6.45, 7) is 2.49. The van der Waals surface area contributed by atoms with Crippen LogP contribution in [0.25, 0.3) is 0 Å². The maximum absolute atomic E-state index is 13.7. The van der Waals surface area contributed by atoms with Crippen LogP contribution in [0, 0.1) is 24.5 Å². The number of halogens is 2. The highest BCUT2D eigenvalue weighted by Crippen LogP contribution is 2.21. The molecule has 5 heteroatoms. The summed E-state index contributed by atoms with van der Waals surface area (Å²) >= 11 is 0. The van der Waals surface area contributed by atoms with Crippen LogP contribution < -0.4 is 0 Å². The van der Waals surface area contributed by atoms with E-state index >= 15 is 0 Å². The van der Waals surface area contributed by atoms with Gasteiger partial charge in [-0.25, -0.2) is 8.78 Å². The van der Waals surface area contributed by atoms with Crippen molar-refractivity contribution < 1.29 is 18.7 Å². The second-order valence-electron chi connectivity index (χ2n) is 5.02. The van der Waals surface area contributed by atoms with Crippen molar-refractivity contribution in [2.24, 2.45) is 5.92 Å². The average Bonchev–Trinajstić information content (AvgIpc) is 2.42. The summed E-state index contributed by atoms with van der Waals surface area (Å²) < 4.78 is 26.9. The Labute approximate surface area is 110 Å². The van der Waals surface area contributed by atoms with Crippen molar-refractivity contribution in [3.8, 4) is 0 Å². The molecule has 19 heavy (non-hydrogen) atoms. The summed E-state index contributed by atoms with van der Waals surface area (Å²) in [6.07, 6.45) is 1.66. The van der Waals surface area contributed by atoms with Gasteiger partial charge >= 0.3 is 0 Å². The number of carbonyl (C=O) groups excluding carboxylic acids is 1. The van der Waals surface area contributed by atoms with Gasteiger partial charge < -0.3 is 10.0 Å². The number of aliphatic hydroxyl groups is 1. The quantitative estimate of drug-likeness (QED) is 0.893. The minimum Gasteiger partial charge on any atom is -0.396 e. The third-order valence-electron chi connectivity index (χ3n) is 3.54. The van der Waals surface area contributed by atoms with E-state index in [4.69, 9.17) is 5.11 Å². The maximum Gasteiger partial charge on any atom is 0.256 e. The van der Waals surface area contributed by atoms with E-state index in [0.717, 1.165) is 18.9 Å². The van der Waals surface area contributed by atoms with Crippen LogP contribution in [0.5, 0.6) is 0 Å². The van der Waals surface area contributed by atoms with E-state index in [0.29, 0.717) is 13.1 Å². The first-order valence-corrected chi connectivity index (χ1v) is 6.38. The molecule has 0 aliphatic carbocycles. The second kappa shape index (κ2) is 5.65. The van der Waals surface area contributed by atoms with Gasteiger partial charge in [0.05, 0.1) is 5.56 Å². The fraction of sp³-hybridized carbons (Fsp3) is 0.500. The van der Waals surface area contributed by atoms with Crippen molar-refractivity contribution in [3.05, 3.63) is 34.9 Å². The number of rotatable bonds is 2. The first-order chi connectivity index (χ1) is 9.02. The predicted octanol–water partition coefficient (Wildman–Crippen LogP) is 2.12. The Morgan fingerprint density at radius 3 is 2.84 bits per heavy atom. The molecule has 2 rings (SSSR count). The fourth-order valence-electron chi connectivity index (χ4n) is 2.39. The van der Waals surface area contributed by atoms with Gasteiger partial charge in [-0.15, -0.1) is 0 Å². The highest BCUT2D eigenvalue weighted by Gasteiger charge is 2.26. The molecule has 1 aliphatic rings. The normalized spacial score (nSPS) is 19.6. The van der Waals surface area contributed by atoms with E-state index in [2.05, 4.69) is 0 Å². The zero-order valence-electron chi connectivity index (χ0n) is 10.8. The third kappa shape index (κ3) is 2.92. The van der Waals surface area contributed by atoms with Gasteiger partial charge in [0.2, 0.25) is 0 Å².